The number of nitrogens with zero attached hydrogens (tertiary/aromatic N) is 2. The van der Waals surface area contributed by atoms with Crippen LogP contribution in [0.3, 0.4) is 0 Å². The standard InChI is InChI=1S/C14H15F3N2O2/c1-3-19(7-6-13(20)21-2)12-5-4-11(14(15,16)17)8-10(12)9-18/h4-5,8H,3,6-7H2,1-2H3. The molecule has 0 aliphatic heterocycles. The van der Waals surface area contributed by atoms with Gasteiger partial charge in [-0.05, 0) is 25.1 Å². The quantitative estimate of drug-likeness (QED) is 0.785. The second-order valence-corrected chi connectivity index (χ2v) is 4.25. The van der Waals surface area contributed by atoms with Gasteiger partial charge in [-0.25, -0.2) is 0 Å². The van der Waals surface area contributed by atoms with Crippen LogP contribution in [0.5, 0.6) is 0 Å². The fraction of sp³-hybridized carbons (Fsp3) is 0.429. The first-order valence-corrected chi connectivity index (χ1v) is 6.26. The Morgan fingerprint density at radius 3 is 2.57 bits per heavy atom. The van der Waals surface area contributed by atoms with E-state index in [9.17, 15) is 18.0 Å². The van der Waals surface area contributed by atoms with E-state index in [0.29, 0.717) is 12.2 Å². The molecule has 21 heavy (non-hydrogen) atoms. The molecule has 1 aromatic rings. The third kappa shape index (κ3) is 4.38. The van der Waals surface area contributed by atoms with E-state index < -0.39 is 17.7 Å². The molecular formula is C14H15F3N2O2. The Morgan fingerprint density at radius 1 is 1.43 bits per heavy atom. The normalized spacial score (nSPS) is 10.9. The Labute approximate surface area is 120 Å². The average Bonchev–Trinajstić information content (AvgIpc) is 2.46. The molecule has 0 saturated heterocycles. The lowest BCUT2D eigenvalue weighted by molar-refractivity contribution is -0.140. The zero-order valence-electron chi connectivity index (χ0n) is 11.7. The lowest BCUT2D eigenvalue weighted by atomic mass is 10.1. The van der Waals surface area contributed by atoms with Crippen LogP contribution in [0.25, 0.3) is 0 Å². The summed E-state index contributed by atoms with van der Waals surface area (Å²) in [7, 11) is 1.26. The molecular weight excluding hydrogens is 285 g/mol. The van der Waals surface area contributed by atoms with Crippen LogP contribution >= 0.6 is 0 Å². The van der Waals surface area contributed by atoms with Gasteiger partial charge in [0, 0.05) is 13.1 Å². The summed E-state index contributed by atoms with van der Waals surface area (Å²) in [5.74, 6) is -0.418. The van der Waals surface area contributed by atoms with Crippen molar-refractivity contribution in [1.82, 2.24) is 0 Å². The van der Waals surface area contributed by atoms with Gasteiger partial charge in [-0.2, -0.15) is 18.4 Å². The lowest BCUT2D eigenvalue weighted by Gasteiger charge is -2.24. The van der Waals surface area contributed by atoms with Crippen LogP contribution in [-0.4, -0.2) is 26.2 Å². The van der Waals surface area contributed by atoms with E-state index in [1.165, 1.54) is 13.2 Å². The van der Waals surface area contributed by atoms with E-state index in [4.69, 9.17) is 5.26 Å². The number of hydrogen-bond donors (Lipinski definition) is 0. The van der Waals surface area contributed by atoms with Crippen LogP contribution in [0.4, 0.5) is 18.9 Å². The van der Waals surface area contributed by atoms with Gasteiger partial charge in [0.2, 0.25) is 0 Å². The van der Waals surface area contributed by atoms with Gasteiger partial charge in [-0.3, -0.25) is 4.79 Å². The number of benzene rings is 1. The maximum Gasteiger partial charge on any atom is 0.416 e. The van der Waals surface area contributed by atoms with Crippen molar-refractivity contribution in [3.05, 3.63) is 29.3 Å². The Hall–Kier alpha value is -2.23. The van der Waals surface area contributed by atoms with Gasteiger partial charge in [0.05, 0.1) is 30.3 Å². The molecule has 0 atom stereocenters. The summed E-state index contributed by atoms with van der Waals surface area (Å²) in [5.41, 5.74) is -0.569. The molecule has 0 heterocycles. The van der Waals surface area contributed by atoms with Crippen LogP contribution in [0.2, 0.25) is 0 Å². The van der Waals surface area contributed by atoms with Crippen molar-refractivity contribution < 1.29 is 22.7 Å². The molecule has 0 amide bonds. The molecule has 4 nitrogen and oxygen atoms in total. The summed E-state index contributed by atoms with van der Waals surface area (Å²) < 4.78 is 42.4. The number of anilines is 1. The highest BCUT2D eigenvalue weighted by atomic mass is 19.4. The van der Waals surface area contributed by atoms with E-state index in [1.807, 2.05) is 0 Å². The largest absolute Gasteiger partial charge is 0.469 e. The zero-order chi connectivity index (χ0) is 16.0. The lowest BCUT2D eigenvalue weighted by Crippen LogP contribution is -2.27. The van der Waals surface area contributed by atoms with Crippen molar-refractivity contribution in [3.63, 3.8) is 0 Å². The van der Waals surface area contributed by atoms with Gasteiger partial charge < -0.3 is 9.64 Å². The molecule has 0 unspecified atom stereocenters. The maximum absolute atomic E-state index is 12.6. The van der Waals surface area contributed by atoms with E-state index in [1.54, 1.807) is 17.9 Å². The minimum Gasteiger partial charge on any atom is -0.469 e. The number of methoxy groups -OCH3 is 1. The van der Waals surface area contributed by atoms with E-state index in [2.05, 4.69) is 4.74 Å². The van der Waals surface area contributed by atoms with Crippen LogP contribution in [0, 0.1) is 11.3 Å². The molecule has 0 saturated carbocycles. The third-order valence-electron chi connectivity index (χ3n) is 2.98. The number of halogens is 3. The summed E-state index contributed by atoms with van der Waals surface area (Å²) in [6.45, 7) is 2.51. The van der Waals surface area contributed by atoms with Gasteiger partial charge in [0.15, 0.2) is 0 Å². The van der Waals surface area contributed by atoms with Crippen molar-refractivity contribution in [2.45, 2.75) is 19.5 Å². The molecule has 1 rings (SSSR count). The molecule has 114 valence electrons. The average molecular weight is 300 g/mol. The topological polar surface area (TPSA) is 53.3 Å². The predicted octanol–water partition coefficient (Wildman–Crippen LogP) is 2.97. The molecule has 1 aromatic carbocycles. The smallest absolute Gasteiger partial charge is 0.416 e. The number of carbonyl (C=O) groups excluding carboxylic acids is 1. The molecule has 0 bridgehead atoms. The number of nitriles is 1. The molecule has 0 spiro atoms. The van der Waals surface area contributed by atoms with E-state index >= 15 is 0 Å². The number of ether oxygens (including phenoxy) is 1. The summed E-state index contributed by atoms with van der Waals surface area (Å²) in [6, 6.07) is 4.76. The summed E-state index contributed by atoms with van der Waals surface area (Å²) in [6.07, 6.45) is -4.40. The second kappa shape index (κ2) is 6.97. The Balaban J connectivity index is 3.05. The van der Waals surface area contributed by atoms with Crippen LogP contribution in [0.1, 0.15) is 24.5 Å². The van der Waals surface area contributed by atoms with Gasteiger partial charge >= 0.3 is 12.1 Å². The van der Waals surface area contributed by atoms with Gasteiger partial charge in [-0.15, -0.1) is 0 Å². The molecule has 0 aliphatic rings. The minimum atomic E-state index is -4.49. The Morgan fingerprint density at radius 2 is 2.10 bits per heavy atom. The van der Waals surface area contributed by atoms with Crippen LogP contribution in [0.15, 0.2) is 18.2 Å². The first-order chi connectivity index (χ1) is 9.83. The predicted molar refractivity (Wildman–Crippen MR) is 70.7 cm³/mol. The number of esters is 1. The van der Waals surface area contributed by atoms with E-state index in [0.717, 1.165) is 12.1 Å². The van der Waals surface area contributed by atoms with Crippen molar-refractivity contribution in [2.24, 2.45) is 0 Å². The Bertz CT molecular complexity index is 550. The van der Waals surface area contributed by atoms with Gasteiger partial charge in [0.1, 0.15) is 6.07 Å². The van der Waals surface area contributed by atoms with Crippen molar-refractivity contribution >= 4 is 11.7 Å². The number of alkyl halides is 3. The molecule has 7 heteroatoms. The summed E-state index contributed by atoms with van der Waals surface area (Å²) >= 11 is 0. The number of rotatable bonds is 5. The highest BCUT2D eigenvalue weighted by molar-refractivity contribution is 5.70. The van der Waals surface area contributed by atoms with Crippen molar-refractivity contribution in [1.29, 1.82) is 5.26 Å². The van der Waals surface area contributed by atoms with Gasteiger partial charge in [0.25, 0.3) is 0 Å². The number of carbonyl (C=O) groups is 1. The first-order valence-electron chi connectivity index (χ1n) is 6.26. The fourth-order valence-corrected chi connectivity index (χ4v) is 1.85. The molecule has 0 N–H and O–H groups in total. The zero-order valence-corrected chi connectivity index (χ0v) is 11.7. The summed E-state index contributed by atoms with van der Waals surface area (Å²) in [4.78, 5) is 12.8. The highest BCUT2D eigenvalue weighted by Crippen LogP contribution is 2.32. The number of hydrogen-bond acceptors (Lipinski definition) is 4. The van der Waals surface area contributed by atoms with Crippen LogP contribution < -0.4 is 4.90 Å². The van der Waals surface area contributed by atoms with E-state index in [-0.39, 0.29) is 18.5 Å². The summed E-state index contributed by atoms with van der Waals surface area (Å²) in [5, 5.41) is 9.04. The third-order valence-corrected chi connectivity index (χ3v) is 2.98. The minimum absolute atomic E-state index is 0.0726. The molecule has 0 aliphatic carbocycles. The monoisotopic (exact) mass is 300 g/mol. The highest BCUT2D eigenvalue weighted by Gasteiger charge is 2.31. The fourth-order valence-electron chi connectivity index (χ4n) is 1.85. The molecule has 0 fully saturated rings. The maximum atomic E-state index is 12.6. The molecule has 0 aromatic heterocycles. The first kappa shape index (κ1) is 16.8. The Kier molecular flexibility index (Phi) is 5.59. The van der Waals surface area contributed by atoms with Crippen molar-refractivity contribution in [2.75, 3.05) is 25.1 Å². The van der Waals surface area contributed by atoms with Crippen LogP contribution in [-0.2, 0) is 15.7 Å². The second-order valence-electron chi connectivity index (χ2n) is 4.25. The van der Waals surface area contributed by atoms with Gasteiger partial charge in [-0.1, -0.05) is 0 Å². The van der Waals surface area contributed by atoms with Crippen molar-refractivity contribution in [3.8, 4) is 6.07 Å². The molecule has 0 radical (unpaired) electrons. The SMILES string of the molecule is CCN(CCC(=O)OC)c1ccc(C(F)(F)F)cc1C#N.